The molecule has 1 heteroatoms. The number of hydrogen-bond donors (Lipinski definition) is 0. The van der Waals surface area contributed by atoms with Gasteiger partial charge in [-0.1, -0.05) is 44.2 Å². The van der Waals surface area contributed by atoms with E-state index in [9.17, 15) is 0 Å². The molecule has 1 aromatic rings. The molecular formula is C12H17Cl. The fraction of sp³-hybridized carbons (Fsp3) is 0.500. The molecule has 0 aliphatic rings. The normalized spacial score (nSPS) is 13.2. The molecule has 0 bridgehead atoms. The lowest BCUT2D eigenvalue weighted by molar-refractivity contribution is 0.565. The third kappa shape index (κ3) is 3.82. The van der Waals surface area contributed by atoms with Gasteiger partial charge in [0.05, 0.1) is 0 Å². The lowest BCUT2D eigenvalue weighted by Gasteiger charge is -2.12. The van der Waals surface area contributed by atoms with Gasteiger partial charge in [-0.25, -0.2) is 0 Å². The Morgan fingerprint density at radius 1 is 1.15 bits per heavy atom. The van der Waals surface area contributed by atoms with Crippen molar-refractivity contribution in [2.24, 2.45) is 5.92 Å². The fourth-order valence-electron chi connectivity index (χ4n) is 1.28. The molecule has 0 spiro atoms. The maximum Gasteiger partial charge on any atom is 0.0362 e. The summed E-state index contributed by atoms with van der Waals surface area (Å²) in [5, 5.41) is 0.306. The molecule has 13 heavy (non-hydrogen) atoms. The first kappa shape index (κ1) is 10.6. The van der Waals surface area contributed by atoms with Crippen LogP contribution in [0, 0.1) is 5.92 Å². The smallest absolute Gasteiger partial charge is 0.0362 e. The van der Waals surface area contributed by atoms with E-state index >= 15 is 0 Å². The molecule has 0 fully saturated rings. The predicted octanol–water partition coefficient (Wildman–Crippen LogP) is 3.88. The number of benzene rings is 1. The molecule has 1 rings (SSSR count). The average molecular weight is 197 g/mol. The quantitative estimate of drug-likeness (QED) is 0.642. The molecule has 0 radical (unpaired) electrons. The summed E-state index contributed by atoms with van der Waals surface area (Å²) in [4.78, 5) is 0. The van der Waals surface area contributed by atoms with Crippen LogP contribution in [0.15, 0.2) is 30.3 Å². The summed E-state index contributed by atoms with van der Waals surface area (Å²) in [5.41, 5.74) is 1.38. The van der Waals surface area contributed by atoms with Gasteiger partial charge in [0, 0.05) is 5.38 Å². The Morgan fingerprint density at radius 2 is 1.77 bits per heavy atom. The number of aryl methyl sites for hydroxylation is 1. The average Bonchev–Trinajstić information content (AvgIpc) is 2.15. The van der Waals surface area contributed by atoms with Crippen molar-refractivity contribution in [2.45, 2.75) is 32.1 Å². The van der Waals surface area contributed by atoms with Gasteiger partial charge in [0.1, 0.15) is 0 Å². The molecule has 1 atom stereocenters. The topological polar surface area (TPSA) is 0 Å². The van der Waals surface area contributed by atoms with Gasteiger partial charge in [0.2, 0.25) is 0 Å². The summed E-state index contributed by atoms with van der Waals surface area (Å²) < 4.78 is 0. The highest BCUT2D eigenvalue weighted by Crippen LogP contribution is 2.16. The molecule has 0 N–H and O–H groups in total. The maximum atomic E-state index is 6.17. The maximum absolute atomic E-state index is 6.17. The first-order valence-corrected chi connectivity index (χ1v) is 5.32. The summed E-state index contributed by atoms with van der Waals surface area (Å²) in [6, 6.07) is 10.5. The van der Waals surface area contributed by atoms with Gasteiger partial charge < -0.3 is 0 Å². The van der Waals surface area contributed by atoms with Crippen molar-refractivity contribution in [1.29, 1.82) is 0 Å². The van der Waals surface area contributed by atoms with Crippen LogP contribution in [0.4, 0.5) is 0 Å². The summed E-state index contributed by atoms with van der Waals surface area (Å²) in [5.74, 6) is 0.574. The second kappa shape index (κ2) is 5.29. The van der Waals surface area contributed by atoms with Crippen molar-refractivity contribution in [3.63, 3.8) is 0 Å². The second-order valence-electron chi connectivity index (χ2n) is 3.78. The van der Waals surface area contributed by atoms with E-state index in [1.54, 1.807) is 0 Å². The van der Waals surface area contributed by atoms with Gasteiger partial charge >= 0.3 is 0 Å². The van der Waals surface area contributed by atoms with Crippen LogP contribution in [0.3, 0.4) is 0 Å². The van der Waals surface area contributed by atoms with Crippen molar-refractivity contribution in [1.82, 2.24) is 0 Å². The first-order chi connectivity index (χ1) is 6.20. The molecule has 0 saturated heterocycles. The second-order valence-corrected chi connectivity index (χ2v) is 4.34. The highest BCUT2D eigenvalue weighted by molar-refractivity contribution is 6.20. The number of alkyl halides is 1. The van der Waals surface area contributed by atoms with E-state index in [2.05, 4.69) is 38.1 Å². The third-order valence-electron chi connectivity index (χ3n) is 2.27. The van der Waals surface area contributed by atoms with Crippen molar-refractivity contribution in [3.05, 3.63) is 35.9 Å². The van der Waals surface area contributed by atoms with E-state index in [0.29, 0.717) is 11.3 Å². The van der Waals surface area contributed by atoms with Gasteiger partial charge in [0.25, 0.3) is 0 Å². The van der Waals surface area contributed by atoms with E-state index in [1.165, 1.54) is 5.56 Å². The standard InChI is InChI=1S/C12H17Cl/c1-10(2)12(13)9-8-11-6-4-3-5-7-11/h3-7,10,12H,8-9H2,1-2H3. The molecule has 0 saturated carbocycles. The van der Waals surface area contributed by atoms with E-state index in [1.807, 2.05) is 6.07 Å². The van der Waals surface area contributed by atoms with Crippen LogP contribution in [0.25, 0.3) is 0 Å². The predicted molar refractivity (Wildman–Crippen MR) is 59.2 cm³/mol. The molecule has 0 heterocycles. The molecular weight excluding hydrogens is 180 g/mol. The molecule has 1 aromatic carbocycles. The molecule has 0 aromatic heterocycles. The van der Waals surface area contributed by atoms with Crippen LogP contribution in [0.5, 0.6) is 0 Å². The van der Waals surface area contributed by atoms with E-state index in [-0.39, 0.29) is 0 Å². The van der Waals surface area contributed by atoms with Gasteiger partial charge in [-0.2, -0.15) is 0 Å². The Hall–Kier alpha value is -0.490. The summed E-state index contributed by atoms with van der Waals surface area (Å²) >= 11 is 6.17. The number of rotatable bonds is 4. The lowest BCUT2D eigenvalue weighted by Crippen LogP contribution is -2.08. The highest BCUT2D eigenvalue weighted by atomic mass is 35.5. The minimum absolute atomic E-state index is 0.306. The SMILES string of the molecule is CC(C)C(Cl)CCc1ccccc1. The molecule has 0 aliphatic heterocycles. The minimum Gasteiger partial charge on any atom is -0.123 e. The monoisotopic (exact) mass is 196 g/mol. The Morgan fingerprint density at radius 3 is 2.31 bits per heavy atom. The molecule has 0 nitrogen and oxygen atoms in total. The van der Waals surface area contributed by atoms with Crippen LogP contribution in [0.2, 0.25) is 0 Å². The highest BCUT2D eigenvalue weighted by Gasteiger charge is 2.08. The van der Waals surface area contributed by atoms with E-state index in [4.69, 9.17) is 11.6 Å². The largest absolute Gasteiger partial charge is 0.123 e. The zero-order valence-corrected chi connectivity index (χ0v) is 9.09. The summed E-state index contributed by atoms with van der Waals surface area (Å²) in [7, 11) is 0. The van der Waals surface area contributed by atoms with E-state index in [0.717, 1.165) is 12.8 Å². The van der Waals surface area contributed by atoms with Crippen LogP contribution >= 0.6 is 11.6 Å². The summed E-state index contributed by atoms with van der Waals surface area (Å²) in [6.07, 6.45) is 2.16. The van der Waals surface area contributed by atoms with Gasteiger partial charge in [-0.05, 0) is 24.3 Å². The van der Waals surface area contributed by atoms with Crippen LogP contribution in [-0.4, -0.2) is 5.38 Å². The van der Waals surface area contributed by atoms with Crippen LogP contribution in [0.1, 0.15) is 25.8 Å². The molecule has 72 valence electrons. The zero-order valence-electron chi connectivity index (χ0n) is 8.33. The van der Waals surface area contributed by atoms with Gasteiger partial charge in [-0.3, -0.25) is 0 Å². The van der Waals surface area contributed by atoms with Crippen LogP contribution in [-0.2, 0) is 6.42 Å². The minimum atomic E-state index is 0.306. The first-order valence-electron chi connectivity index (χ1n) is 4.88. The Labute approximate surface area is 85.9 Å². The van der Waals surface area contributed by atoms with Crippen molar-refractivity contribution in [2.75, 3.05) is 0 Å². The van der Waals surface area contributed by atoms with Crippen molar-refractivity contribution >= 4 is 11.6 Å². The number of halogens is 1. The Kier molecular flexibility index (Phi) is 4.31. The van der Waals surface area contributed by atoms with Crippen molar-refractivity contribution < 1.29 is 0 Å². The van der Waals surface area contributed by atoms with E-state index < -0.39 is 0 Å². The fourth-order valence-corrected chi connectivity index (χ4v) is 1.39. The molecule has 0 aliphatic carbocycles. The van der Waals surface area contributed by atoms with Gasteiger partial charge in [0.15, 0.2) is 0 Å². The molecule has 0 amide bonds. The zero-order chi connectivity index (χ0) is 9.68. The Balaban J connectivity index is 2.35. The van der Waals surface area contributed by atoms with Gasteiger partial charge in [-0.15, -0.1) is 11.6 Å². The van der Waals surface area contributed by atoms with Crippen molar-refractivity contribution in [3.8, 4) is 0 Å². The molecule has 1 unspecified atom stereocenters. The summed E-state index contributed by atoms with van der Waals surface area (Å²) in [6.45, 7) is 4.34. The third-order valence-corrected chi connectivity index (χ3v) is 3.00. The lowest BCUT2D eigenvalue weighted by atomic mass is 10.0. The van der Waals surface area contributed by atoms with Crippen LogP contribution < -0.4 is 0 Å². The number of hydrogen-bond acceptors (Lipinski definition) is 0. The Bertz CT molecular complexity index is 228.